The molecule has 88 valence electrons. The number of likely N-dealkylation sites (tertiary alicyclic amines) is 1. The van der Waals surface area contributed by atoms with Crippen molar-refractivity contribution >= 4 is 17.3 Å². The second-order valence-electron chi connectivity index (χ2n) is 4.57. The van der Waals surface area contributed by atoms with Crippen molar-refractivity contribution in [3.05, 3.63) is 22.4 Å². The van der Waals surface area contributed by atoms with E-state index in [1.807, 2.05) is 18.4 Å². The van der Waals surface area contributed by atoms with Gasteiger partial charge in [0, 0.05) is 10.9 Å². The zero-order valence-corrected chi connectivity index (χ0v) is 10.5. The highest BCUT2D eigenvalue weighted by Gasteiger charge is 2.45. The smallest absolute Gasteiger partial charge is 0.323 e. The molecule has 0 radical (unpaired) electrons. The van der Waals surface area contributed by atoms with Crippen LogP contribution in [0.15, 0.2) is 17.5 Å². The maximum Gasteiger partial charge on any atom is 0.323 e. The van der Waals surface area contributed by atoms with Gasteiger partial charge in [-0.15, -0.1) is 11.3 Å². The van der Waals surface area contributed by atoms with Gasteiger partial charge in [0.15, 0.2) is 0 Å². The van der Waals surface area contributed by atoms with Crippen molar-refractivity contribution < 1.29 is 9.90 Å². The number of aliphatic carboxylic acids is 1. The van der Waals surface area contributed by atoms with Crippen LogP contribution in [0.5, 0.6) is 0 Å². The minimum absolute atomic E-state index is 0.198. The summed E-state index contributed by atoms with van der Waals surface area (Å²) in [5.74, 6) is -0.701. The van der Waals surface area contributed by atoms with E-state index in [0.29, 0.717) is 0 Å². The van der Waals surface area contributed by atoms with Crippen molar-refractivity contribution in [1.82, 2.24) is 4.90 Å². The summed E-state index contributed by atoms with van der Waals surface area (Å²) in [4.78, 5) is 14.7. The molecular weight excluding hydrogens is 222 g/mol. The van der Waals surface area contributed by atoms with E-state index in [1.54, 1.807) is 11.3 Å². The summed E-state index contributed by atoms with van der Waals surface area (Å²) in [6.45, 7) is 4.81. The molecule has 3 nitrogen and oxygen atoms in total. The van der Waals surface area contributed by atoms with E-state index < -0.39 is 11.5 Å². The van der Waals surface area contributed by atoms with Gasteiger partial charge >= 0.3 is 5.97 Å². The Bertz CT molecular complexity index is 376. The molecule has 16 heavy (non-hydrogen) atoms. The number of nitrogens with zero attached hydrogens (tertiary/aromatic N) is 1. The molecule has 0 saturated carbocycles. The second-order valence-corrected chi connectivity index (χ2v) is 5.55. The lowest BCUT2D eigenvalue weighted by Crippen LogP contribution is -2.48. The predicted octanol–water partition coefficient (Wildman–Crippen LogP) is 2.75. The Morgan fingerprint density at radius 3 is 3.00 bits per heavy atom. The highest BCUT2D eigenvalue weighted by Crippen LogP contribution is 2.37. The lowest BCUT2D eigenvalue weighted by atomic mass is 9.98. The average Bonchev–Trinajstić information content (AvgIpc) is 2.85. The fourth-order valence-electron chi connectivity index (χ4n) is 2.52. The molecule has 1 fully saturated rings. The molecule has 0 aromatic carbocycles. The van der Waals surface area contributed by atoms with Gasteiger partial charge in [-0.2, -0.15) is 0 Å². The first-order valence-corrected chi connectivity index (χ1v) is 6.47. The summed E-state index contributed by atoms with van der Waals surface area (Å²) in [5.41, 5.74) is -0.691. The Balaban J connectivity index is 2.24. The molecule has 0 spiro atoms. The van der Waals surface area contributed by atoms with Crippen LogP contribution in [-0.2, 0) is 4.79 Å². The van der Waals surface area contributed by atoms with E-state index in [9.17, 15) is 9.90 Å². The molecule has 2 unspecified atom stereocenters. The van der Waals surface area contributed by atoms with Crippen LogP contribution < -0.4 is 0 Å². The normalized spacial score (nSPS) is 28.1. The van der Waals surface area contributed by atoms with Crippen molar-refractivity contribution in [3.63, 3.8) is 0 Å². The van der Waals surface area contributed by atoms with E-state index in [1.165, 1.54) is 4.88 Å². The summed E-state index contributed by atoms with van der Waals surface area (Å²) < 4.78 is 0. The summed E-state index contributed by atoms with van der Waals surface area (Å²) in [7, 11) is 0. The van der Waals surface area contributed by atoms with Gasteiger partial charge in [0.2, 0.25) is 0 Å². The van der Waals surface area contributed by atoms with Crippen molar-refractivity contribution in [2.75, 3.05) is 6.54 Å². The molecule has 0 amide bonds. The third-order valence-electron chi connectivity index (χ3n) is 3.58. The Kier molecular flexibility index (Phi) is 3.04. The van der Waals surface area contributed by atoms with Gasteiger partial charge in [0.1, 0.15) is 5.54 Å². The van der Waals surface area contributed by atoms with Crippen molar-refractivity contribution in [1.29, 1.82) is 0 Å². The lowest BCUT2D eigenvalue weighted by Gasteiger charge is -2.35. The highest BCUT2D eigenvalue weighted by atomic mass is 32.1. The molecule has 0 aliphatic carbocycles. The fraction of sp³-hybridized carbons (Fsp3) is 0.583. The zero-order chi connectivity index (χ0) is 11.8. The Morgan fingerprint density at radius 2 is 2.44 bits per heavy atom. The lowest BCUT2D eigenvalue weighted by molar-refractivity contribution is -0.149. The SMILES string of the molecule is CC(c1cccs1)N1CCCC1(C)C(=O)O. The predicted molar refractivity (Wildman–Crippen MR) is 64.7 cm³/mol. The summed E-state index contributed by atoms with van der Waals surface area (Å²) in [5, 5.41) is 11.4. The van der Waals surface area contributed by atoms with E-state index in [-0.39, 0.29) is 6.04 Å². The topological polar surface area (TPSA) is 40.5 Å². The first-order chi connectivity index (χ1) is 7.55. The number of rotatable bonds is 3. The molecule has 1 N–H and O–H groups in total. The molecule has 2 heterocycles. The van der Waals surface area contributed by atoms with E-state index in [2.05, 4.69) is 17.9 Å². The molecule has 2 atom stereocenters. The van der Waals surface area contributed by atoms with Gasteiger partial charge in [-0.25, -0.2) is 0 Å². The molecule has 0 bridgehead atoms. The quantitative estimate of drug-likeness (QED) is 0.881. The molecule has 1 aromatic rings. The van der Waals surface area contributed by atoms with Gasteiger partial charge in [-0.1, -0.05) is 6.07 Å². The van der Waals surface area contributed by atoms with Gasteiger partial charge in [-0.3, -0.25) is 9.69 Å². The summed E-state index contributed by atoms with van der Waals surface area (Å²) in [6.07, 6.45) is 1.72. The van der Waals surface area contributed by atoms with Gasteiger partial charge in [0.05, 0.1) is 0 Å². The largest absolute Gasteiger partial charge is 0.480 e. The van der Waals surface area contributed by atoms with E-state index >= 15 is 0 Å². The first-order valence-electron chi connectivity index (χ1n) is 5.59. The standard InChI is InChI=1S/C12H17NO2S/c1-9(10-5-3-8-16-10)13-7-4-6-12(13,2)11(14)15/h3,5,8-9H,4,6-7H2,1-2H3,(H,14,15). The molecule has 1 saturated heterocycles. The van der Waals surface area contributed by atoms with Crippen LogP contribution in [0.3, 0.4) is 0 Å². The van der Waals surface area contributed by atoms with Crippen LogP contribution in [0.4, 0.5) is 0 Å². The molecular formula is C12H17NO2S. The van der Waals surface area contributed by atoms with E-state index in [4.69, 9.17) is 0 Å². The third-order valence-corrected chi connectivity index (χ3v) is 4.62. The molecule has 1 aliphatic rings. The number of carboxylic acid groups (broad SMARTS) is 1. The highest BCUT2D eigenvalue weighted by molar-refractivity contribution is 7.10. The maximum atomic E-state index is 11.4. The van der Waals surface area contributed by atoms with Crippen LogP contribution in [0.1, 0.15) is 37.6 Å². The number of hydrogen-bond donors (Lipinski definition) is 1. The number of carbonyl (C=O) groups is 1. The average molecular weight is 239 g/mol. The summed E-state index contributed by atoms with van der Waals surface area (Å²) >= 11 is 1.70. The number of carboxylic acids is 1. The van der Waals surface area contributed by atoms with Gasteiger partial charge in [0.25, 0.3) is 0 Å². The van der Waals surface area contributed by atoms with Crippen LogP contribution >= 0.6 is 11.3 Å². The zero-order valence-electron chi connectivity index (χ0n) is 9.64. The minimum Gasteiger partial charge on any atom is -0.480 e. The monoisotopic (exact) mass is 239 g/mol. The third kappa shape index (κ3) is 1.76. The maximum absolute atomic E-state index is 11.4. The summed E-state index contributed by atoms with van der Waals surface area (Å²) in [6, 6.07) is 4.30. The van der Waals surface area contributed by atoms with Gasteiger partial charge < -0.3 is 5.11 Å². The minimum atomic E-state index is -0.701. The van der Waals surface area contributed by atoms with Crippen molar-refractivity contribution in [2.24, 2.45) is 0 Å². The molecule has 1 aliphatic heterocycles. The molecule has 4 heteroatoms. The van der Waals surface area contributed by atoms with E-state index in [0.717, 1.165) is 19.4 Å². The Hall–Kier alpha value is -0.870. The second kappa shape index (κ2) is 4.18. The number of thiophene rings is 1. The Morgan fingerprint density at radius 1 is 1.69 bits per heavy atom. The number of hydrogen-bond acceptors (Lipinski definition) is 3. The van der Waals surface area contributed by atoms with Crippen LogP contribution in [0, 0.1) is 0 Å². The van der Waals surface area contributed by atoms with Crippen molar-refractivity contribution in [3.8, 4) is 0 Å². The van der Waals surface area contributed by atoms with Crippen LogP contribution in [0.2, 0.25) is 0 Å². The van der Waals surface area contributed by atoms with Crippen LogP contribution in [0.25, 0.3) is 0 Å². The fourth-order valence-corrected chi connectivity index (χ4v) is 3.31. The van der Waals surface area contributed by atoms with Crippen LogP contribution in [-0.4, -0.2) is 28.1 Å². The first kappa shape index (κ1) is 11.6. The Labute approximate surface area is 99.7 Å². The van der Waals surface area contributed by atoms with Gasteiger partial charge in [-0.05, 0) is 44.7 Å². The van der Waals surface area contributed by atoms with Crippen molar-refractivity contribution in [2.45, 2.75) is 38.3 Å². The molecule has 2 rings (SSSR count). The molecule has 1 aromatic heterocycles.